The van der Waals surface area contributed by atoms with Crippen molar-refractivity contribution in [1.82, 2.24) is 5.43 Å². The Morgan fingerprint density at radius 1 is 1.50 bits per heavy atom. The fraction of sp³-hybridized carbons (Fsp3) is 0.667. The van der Waals surface area contributed by atoms with Crippen LogP contribution in [-0.4, -0.2) is 49.4 Å². The molecule has 0 aliphatic heterocycles. The van der Waals surface area contributed by atoms with Gasteiger partial charge < -0.3 is 4.55 Å². The summed E-state index contributed by atoms with van der Waals surface area (Å²) in [7, 11) is -2.60. The van der Waals surface area contributed by atoms with Gasteiger partial charge in [-0.25, -0.2) is 13.0 Å². The second kappa shape index (κ2) is 5.97. The molecule has 0 aliphatic rings. The normalized spacial score (nSPS) is 15.2. The number of nitrogens with zero attached hydrogens (tertiary/aromatic N) is 1. The lowest BCUT2D eigenvalue weighted by Gasteiger charge is -2.33. The molecule has 0 aliphatic carbocycles. The average Bonchev–Trinajstić information content (AvgIpc) is 2.14. The van der Waals surface area contributed by atoms with Crippen LogP contribution in [0.1, 0.15) is 13.3 Å². The van der Waals surface area contributed by atoms with Crippen LogP contribution in [0, 0.1) is 0 Å². The van der Waals surface area contributed by atoms with E-state index in [0.717, 1.165) is 12.5 Å². The largest absolute Gasteiger partial charge is 0.748 e. The molecule has 0 saturated heterocycles. The molecular formula is C9H18N2O4S. The number of quaternary nitrogens is 1. The minimum absolute atomic E-state index is 0.0167. The third kappa shape index (κ3) is 6.54. The monoisotopic (exact) mass is 250 g/mol. The molecule has 94 valence electrons. The van der Waals surface area contributed by atoms with Gasteiger partial charge in [0.05, 0.1) is 12.8 Å². The van der Waals surface area contributed by atoms with Crippen LogP contribution >= 0.6 is 0 Å². The summed E-state index contributed by atoms with van der Waals surface area (Å²) < 4.78 is 31.6. The van der Waals surface area contributed by atoms with Crippen LogP contribution < -0.4 is 5.43 Å². The molecule has 0 rings (SSSR count). The van der Waals surface area contributed by atoms with Crippen molar-refractivity contribution < 1.29 is 22.4 Å². The summed E-state index contributed by atoms with van der Waals surface area (Å²) in [5.74, 6) is -0.889. The van der Waals surface area contributed by atoms with Gasteiger partial charge in [-0.15, -0.1) is 0 Å². The van der Waals surface area contributed by atoms with Gasteiger partial charge in [-0.1, -0.05) is 13.5 Å². The summed E-state index contributed by atoms with van der Waals surface area (Å²) in [6, 6.07) is 0. The number of carbonyl (C=O) groups is 1. The summed E-state index contributed by atoms with van der Waals surface area (Å²) >= 11 is 0. The van der Waals surface area contributed by atoms with Crippen LogP contribution in [0.3, 0.4) is 0 Å². The van der Waals surface area contributed by atoms with Crippen molar-refractivity contribution in [2.75, 3.05) is 25.9 Å². The second-order valence-electron chi connectivity index (χ2n) is 3.79. The smallest absolute Gasteiger partial charge is 0.288 e. The van der Waals surface area contributed by atoms with E-state index in [1.807, 2.05) is 6.92 Å². The first kappa shape index (κ1) is 15.1. The summed E-state index contributed by atoms with van der Waals surface area (Å²) in [6.07, 6.45) is 1.87. The topological polar surface area (TPSA) is 86.3 Å². The maximum Gasteiger partial charge on any atom is 0.288 e. The number of nitrogens with one attached hydrogen (secondary N) is 1. The molecule has 0 spiro atoms. The second-order valence-corrected chi connectivity index (χ2v) is 5.31. The Hall–Kier alpha value is -0.920. The van der Waals surface area contributed by atoms with Gasteiger partial charge in [-0.3, -0.25) is 4.79 Å². The third-order valence-corrected chi connectivity index (χ3v) is 2.80. The van der Waals surface area contributed by atoms with Crippen molar-refractivity contribution in [2.24, 2.45) is 0 Å². The Bertz CT molecular complexity index is 353. The highest BCUT2D eigenvalue weighted by Crippen LogP contribution is 2.01. The van der Waals surface area contributed by atoms with Gasteiger partial charge in [0.25, 0.3) is 5.91 Å². The maximum absolute atomic E-state index is 11.2. The number of hydrogen-bond donors (Lipinski definition) is 1. The van der Waals surface area contributed by atoms with E-state index in [1.165, 1.54) is 0 Å². The van der Waals surface area contributed by atoms with Crippen LogP contribution in [0.5, 0.6) is 0 Å². The van der Waals surface area contributed by atoms with Gasteiger partial charge >= 0.3 is 0 Å². The highest BCUT2D eigenvalue weighted by molar-refractivity contribution is 7.85. The minimum atomic E-state index is -4.26. The van der Waals surface area contributed by atoms with E-state index in [1.54, 1.807) is 7.05 Å². The molecular weight excluding hydrogens is 232 g/mol. The molecule has 0 aromatic heterocycles. The molecule has 0 aromatic carbocycles. The molecule has 0 radical (unpaired) electrons. The van der Waals surface area contributed by atoms with Gasteiger partial charge in [0, 0.05) is 6.08 Å². The van der Waals surface area contributed by atoms with Crippen molar-refractivity contribution in [2.45, 2.75) is 13.3 Å². The number of amides is 1. The highest BCUT2D eigenvalue weighted by Gasteiger charge is 2.23. The SMILES string of the molecule is C=CC(=O)N[N+](C)(CCC)CCS(=O)(=O)[O-]. The van der Waals surface area contributed by atoms with Gasteiger partial charge in [-0.05, 0) is 6.42 Å². The molecule has 1 amide bonds. The Morgan fingerprint density at radius 2 is 2.06 bits per heavy atom. The lowest BCUT2D eigenvalue weighted by molar-refractivity contribution is -0.941. The summed E-state index contributed by atoms with van der Waals surface area (Å²) in [6.45, 7) is 5.82. The van der Waals surface area contributed by atoms with E-state index >= 15 is 0 Å². The molecule has 1 atom stereocenters. The molecule has 16 heavy (non-hydrogen) atoms. The van der Waals surface area contributed by atoms with E-state index in [9.17, 15) is 17.8 Å². The lowest BCUT2D eigenvalue weighted by atomic mass is 10.4. The number of hydrogen-bond acceptors (Lipinski definition) is 4. The molecule has 0 saturated carbocycles. The zero-order valence-corrected chi connectivity index (χ0v) is 10.4. The average molecular weight is 250 g/mol. The Morgan fingerprint density at radius 3 is 2.44 bits per heavy atom. The fourth-order valence-corrected chi connectivity index (χ4v) is 1.97. The minimum Gasteiger partial charge on any atom is -0.748 e. The molecule has 1 unspecified atom stereocenters. The molecule has 0 bridgehead atoms. The van der Waals surface area contributed by atoms with Crippen LogP contribution in [0.2, 0.25) is 0 Å². The highest BCUT2D eigenvalue weighted by atomic mass is 32.2. The van der Waals surface area contributed by atoms with Gasteiger partial charge in [0.15, 0.2) is 0 Å². The van der Waals surface area contributed by atoms with Crippen LogP contribution in [0.25, 0.3) is 0 Å². The van der Waals surface area contributed by atoms with Crippen LogP contribution in [0.15, 0.2) is 12.7 Å². The van der Waals surface area contributed by atoms with Crippen molar-refractivity contribution in [3.05, 3.63) is 12.7 Å². The first-order valence-electron chi connectivity index (χ1n) is 4.95. The fourth-order valence-electron chi connectivity index (χ4n) is 1.34. The first-order valence-corrected chi connectivity index (χ1v) is 6.53. The standard InChI is InChI=1S/C9H18N2O4S/c1-4-6-11(3,10-9(12)5-2)7-8-16(13,14)15/h5H,2,4,6-8H2,1,3H3,(H-,10,12,13,14,15). The van der Waals surface area contributed by atoms with Gasteiger partial charge in [0.1, 0.15) is 23.2 Å². The Labute approximate surface area is 96.2 Å². The number of rotatable bonds is 7. The predicted octanol–water partition coefficient (Wildman–Crippen LogP) is -0.395. The third-order valence-electron chi connectivity index (χ3n) is 2.12. The van der Waals surface area contributed by atoms with Crippen molar-refractivity contribution in [3.8, 4) is 0 Å². The van der Waals surface area contributed by atoms with Gasteiger partial charge in [0.2, 0.25) is 0 Å². The maximum atomic E-state index is 11.2. The van der Waals surface area contributed by atoms with E-state index in [-0.39, 0.29) is 17.0 Å². The van der Waals surface area contributed by atoms with E-state index in [0.29, 0.717) is 6.54 Å². The number of carbonyl (C=O) groups excluding carboxylic acids is 1. The quantitative estimate of drug-likeness (QED) is 0.288. The van der Waals surface area contributed by atoms with Crippen LogP contribution in [-0.2, 0) is 14.9 Å². The Kier molecular flexibility index (Phi) is 5.63. The predicted molar refractivity (Wildman–Crippen MR) is 59.1 cm³/mol. The Balaban J connectivity index is 4.55. The van der Waals surface area contributed by atoms with E-state index < -0.39 is 15.9 Å². The molecule has 0 heterocycles. The zero-order chi connectivity index (χ0) is 12.8. The summed E-state index contributed by atoms with van der Waals surface area (Å²) in [4.78, 5) is 11.2. The lowest BCUT2D eigenvalue weighted by Crippen LogP contribution is -2.59. The van der Waals surface area contributed by atoms with Crippen LogP contribution in [0.4, 0.5) is 0 Å². The molecule has 1 N–H and O–H groups in total. The zero-order valence-electron chi connectivity index (χ0n) is 9.60. The molecule has 0 fully saturated rings. The van der Waals surface area contributed by atoms with Crippen molar-refractivity contribution in [3.63, 3.8) is 0 Å². The van der Waals surface area contributed by atoms with Gasteiger partial charge in [-0.2, -0.15) is 5.43 Å². The molecule has 7 heteroatoms. The summed E-state index contributed by atoms with van der Waals surface area (Å²) in [5, 5.41) is 0. The molecule has 6 nitrogen and oxygen atoms in total. The molecule has 0 aromatic rings. The summed E-state index contributed by atoms with van der Waals surface area (Å²) in [5.41, 5.74) is 2.59. The van der Waals surface area contributed by atoms with E-state index in [2.05, 4.69) is 12.0 Å². The van der Waals surface area contributed by atoms with Crippen molar-refractivity contribution >= 4 is 16.0 Å². The van der Waals surface area contributed by atoms with Crippen molar-refractivity contribution in [1.29, 1.82) is 0 Å². The van der Waals surface area contributed by atoms with E-state index in [4.69, 9.17) is 0 Å². The first-order chi connectivity index (χ1) is 7.22.